The van der Waals surface area contributed by atoms with Crippen LogP contribution in [0.3, 0.4) is 0 Å². The van der Waals surface area contributed by atoms with Crippen molar-refractivity contribution in [2.75, 3.05) is 0 Å². The van der Waals surface area contributed by atoms with Crippen molar-refractivity contribution in [2.24, 2.45) is 0 Å². The third kappa shape index (κ3) is 26.5. The molecule has 0 unspecified atom stereocenters. The molecule has 12 heteroatoms. The van der Waals surface area contributed by atoms with Gasteiger partial charge in [0.1, 0.15) is 0 Å². The van der Waals surface area contributed by atoms with Crippen molar-refractivity contribution in [2.45, 2.75) is 171 Å². The van der Waals surface area contributed by atoms with Crippen LogP contribution in [0.15, 0.2) is 73.1 Å². The van der Waals surface area contributed by atoms with Crippen molar-refractivity contribution >= 4 is 44.3 Å². The van der Waals surface area contributed by atoms with Gasteiger partial charge in [0, 0.05) is 0 Å². The zero-order chi connectivity index (χ0) is 43.1. The van der Waals surface area contributed by atoms with Crippen molar-refractivity contribution in [3.63, 3.8) is 0 Å². The minimum atomic E-state index is -1.11. The summed E-state index contributed by atoms with van der Waals surface area (Å²) in [6.07, 6.45) is 3.64. The minimum Gasteiger partial charge on any atom is -0.682 e. The molecule has 58 heavy (non-hydrogen) atoms. The molecule has 0 N–H and O–H groups in total. The van der Waals surface area contributed by atoms with E-state index in [2.05, 4.69) is 180 Å². The standard InChI is InChI=1S/2C17H22N2.2C6H18NSi2.2Nd/c2*1-12(2)15-8-5-9-16(13(3)4)17(15)19-11-14-7-6-10-18-14;2*1-8(2,3)7-9(4,5)6;;/h2*5-10,12-13H,11H2,1-4H3;2*1-6H3;;/q2*-2;2*-1;2*+3. The van der Waals surface area contributed by atoms with Gasteiger partial charge in [-0.2, -0.15) is 23.8 Å². The Balaban J connectivity index is 0. The molecule has 318 valence electrons. The van der Waals surface area contributed by atoms with Crippen LogP contribution in [0.5, 0.6) is 0 Å². The number of para-hydroxylation sites is 2. The van der Waals surface area contributed by atoms with Crippen LogP contribution in [0, 0.1) is 81.7 Å². The maximum absolute atomic E-state index is 4.83. The van der Waals surface area contributed by atoms with E-state index in [-0.39, 0.29) is 81.7 Å². The Morgan fingerprint density at radius 1 is 0.397 bits per heavy atom. The predicted octanol–water partition coefficient (Wildman–Crippen LogP) is 16.3. The first-order valence-corrected chi connectivity index (χ1v) is 34.6. The van der Waals surface area contributed by atoms with E-state index in [0.717, 1.165) is 22.8 Å². The smallest absolute Gasteiger partial charge is 0.682 e. The Morgan fingerprint density at radius 2 is 0.638 bits per heavy atom. The monoisotopic (exact) mass is 1110 g/mol. The van der Waals surface area contributed by atoms with Gasteiger partial charge in [-0.15, -0.1) is 24.5 Å². The van der Waals surface area contributed by atoms with Crippen LogP contribution in [0.25, 0.3) is 19.9 Å². The van der Waals surface area contributed by atoms with Gasteiger partial charge >= 0.3 is 81.7 Å². The number of rotatable bonds is 14. The van der Waals surface area contributed by atoms with Crippen molar-refractivity contribution in [1.82, 2.24) is 9.97 Å². The summed E-state index contributed by atoms with van der Waals surface area (Å²) >= 11 is 0. The van der Waals surface area contributed by atoms with Crippen molar-refractivity contribution in [3.05, 3.63) is 127 Å². The van der Waals surface area contributed by atoms with Crippen LogP contribution in [-0.4, -0.2) is 32.9 Å². The topological polar surface area (TPSA) is 84.6 Å². The van der Waals surface area contributed by atoms with E-state index >= 15 is 0 Å². The number of hydrogen-bond donors (Lipinski definition) is 0. The van der Waals surface area contributed by atoms with Crippen molar-refractivity contribution in [3.8, 4) is 0 Å². The van der Waals surface area contributed by atoms with Gasteiger partial charge in [-0.25, -0.2) is 0 Å². The molecule has 0 bridgehead atoms. The summed E-state index contributed by atoms with van der Waals surface area (Å²) in [6, 6.07) is 21.0. The third-order valence-electron chi connectivity index (χ3n) is 8.05. The number of benzene rings is 2. The Kier molecular flexibility index (Phi) is 29.1. The van der Waals surface area contributed by atoms with Gasteiger partial charge < -0.3 is 29.9 Å². The number of nitrogens with zero attached hydrogens (tertiary/aromatic N) is 6. The first kappa shape index (κ1) is 60.2. The summed E-state index contributed by atoms with van der Waals surface area (Å²) in [6.45, 7) is 46.7. The van der Waals surface area contributed by atoms with Crippen molar-refractivity contribution < 1.29 is 81.7 Å². The molecule has 0 atom stereocenters. The molecule has 0 saturated carbocycles. The van der Waals surface area contributed by atoms with Gasteiger partial charge in [-0.1, -0.05) is 250 Å². The van der Waals surface area contributed by atoms with Crippen LogP contribution in [0.4, 0.5) is 11.4 Å². The van der Waals surface area contributed by atoms with Crippen LogP contribution >= 0.6 is 0 Å². The molecule has 0 aliphatic heterocycles. The Hall–Kier alpha value is 0.0888. The summed E-state index contributed by atoms with van der Waals surface area (Å²) in [7, 11) is -4.42. The molecule has 2 aromatic carbocycles. The second-order valence-corrected chi connectivity index (χ2v) is 39.1. The van der Waals surface area contributed by atoms with E-state index in [1.165, 1.54) is 22.3 Å². The molecule has 2 radical (unpaired) electrons. The molecule has 2 aromatic heterocycles. The summed E-state index contributed by atoms with van der Waals surface area (Å²) in [5, 5.41) is 9.66. The summed E-state index contributed by atoms with van der Waals surface area (Å²) in [4.78, 5) is 8.57. The molecule has 2 heterocycles. The zero-order valence-corrected chi connectivity index (χ0v) is 50.8. The van der Waals surface area contributed by atoms with E-state index < -0.39 is 32.9 Å². The van der Waals surface area contributed by atoms with Crippen molar-refractivity contribution in [1.29, 1.82) is 0 Å². The molecule has 0 aliphatic carbocycles. The zero-order valence-electron chi connectivity index (χ0n) is 40.3. The average molecular weight is 1120 g/mol. The van der Waals surface area contributed by atoms with E-state index in [4.69, 9.17) is 19.9 Å². The summed E-state index contributed by atoms with van der Waals surface area (Å²) in [5.41, 5.74) is 9.72. The van der Waals surface area contributed by atoms with Crippen LogP contribution < -0.4 is 9.97 Å². The minimum absolute atomic E-state index is 0. The van der Waals surface area contributed by atoms with E-state index in [0.29, 0.717) is 36.8 Å². The first-order chi connectivity index (χ1) is 25.6. The molecule has 0 saturated heterocycles. The fourth-order valence-corrected chi connectivity index (χ4v) is 22.7. The quantitative estimate of drug-likeness (QED) is 0.118. The number of hydrogen-bond acceptors (Lipinski definition) is 0. The maximum Gasteiger partial charge on any atom is 3.00 e. The summed E-state index contributed by atoms with van der Waals surface area (Å²) in [5.74, 6) is 1.96. The Labute approximate surface area is 428 Å². The third-order valence-corrected chi connectivity index (χ3v) is 18.8. The molecular formula is C46H80N6Nd2Si4. The van der Waals surface area contributed by atoms with Gasteiger partial charge in [0.05, 0.1) is 0 Å². The van der Waals surface area contributed by atoms with Gasteiger partial charge in [0.15, 0.2) is 0 Å². The second-order valence-electron chi connectivity index (χ2n) is 20.0. The maximum atomic E-state index is 4.83. The van der Waals surface area contributed by atoms with Crippen LogP contribution in [-0.2, 0) is 13.1 Å². The first-order valence-electron chi connectivity index (χ1n) is 20.8. The molecule has 0 aliphatic rings. The molecule has 4 aromatic rings. The van der Waals surface area contributed by atoms with Gasteiger partial charge in [0.25, 0.3) is 0 Å². The Bertz CT molecular complexity index is 1450. The van der Waals surface area contributed by atoms with Gasteiger partial charge in [0.2, 0.25) is 0 Å². The van der Waals surface area contributed by atoms with E-state index in [1.54, 1.807) is 0 Å². The molecule has 0 fully saturated rings. The van der Waals surface area contributed by atoms with Crippen LogP contribution in [0.1, 0.15) is 113 Å². The fourth-order valence-electron chi connectivity index (χ4n) is 6.58. The molecule has 0 spiro atoms. The average Bonchev–Trinajstić information content (AvgIpc) is 3.74. The van der Waals surface area contributed by atoms with Crippen LogP contribution in [0.2, 0.25) is 78.6 Å². The second kappa shape index (κ2) is 28.0. The largest absolute Gasteiger partial charge is 3.00 e. The SMILES string of the molecule is CC(C)c1cccc(C(C)C)c1[N-]Cc1ccc[n-]1.CC(C)c1cccc(C(C)C)c1[N-]Cc1ccc[n-]1.C[Si](C)(C)[N-][Si](C)(C)C.C[Si](C)(C)[N-][Si](C)(C)C.[Nd+3].[Nd+3]. The Morgan fingerprint density at radius 3 is 0.793 bits per heavy atom. The summed E-state index contributed by atoms with van der Waals surface area (Å²) < 4.78 is 9.64. The van der Waals surface area contributed by atoms with Gasteiger partial charge in [-0.3, -0.25) is 0 Å². The van der Waals surface area contributed by atoms with E-state index in [1.807, 2.05) is 36.7 Å². The van der Waals surface area contributed by atoms with E-state index in [9.17, 15) is 0 Å². The molecule has 0 amide bonds. The predicted molar refractivity (Wildman–Crippen MR) is 262 cm³/mol. The molecule has 4 rings (SSSR count). The fraction of sp³-hybridized carbons (Fsp3) is 0.565. The molecular weight excluding hydrogens is 1040 g/mol. The normalized spacial score (nSPS) is 11.7. The number of aromatic nitrogens is 2. The molecule has 6 nitrogen and oxygen atoms in total. The van der Waals surface area contributed by atoms with Gasteiger partial charge in [-0.05, 0) is 23.7 Å².